The summed E-state index contributed by atoms with van der Waals surface area (Å²) in [5.41, 5.74) is 1.22. The highest BCUT2D eigenvalue weighted by Crippen LogP contribution is 2.32. The van der Waals surface area contributed by atoms with Gasteiger partial charge >= 0.3 is 5.97 Å². The highest BCUT2D eigenvalue weighted by atomic mass is 16.5. The quantitative estimate of drug-likeness (QED) is 0.604. The van der Waals surface area contributed by atoms with Crippen molar-refractivity contribution < 1.29 is 19.1 Å². The summed E-state index contributed by atoms with van der Waals surface area (Å²) in [5, 5.41) is 2.60. The van der Waals surface area contributed by atoms with E-state index < -0.39 is 17.4 Å². The van der Waals surface area contributed by atoms with Crippen molar-refractivity contribution in [2.75, 3.05) is 6.61 Å². The van der Waals surface area contributed by atoms with Crippen molar-refractivity contribution in [1.29, 1.82) is 0 Å². The van der Waals surface area contributed by atoms with Crippen LogP contribution in [0.5, 0.6) is 0 Å². The average Bonchev–Trinajstić information content (AvgIpc) is 2.65. The maximum Gasteiger partial charge on any atom is 0.328 e. The highest BCUT2D eigenvalue weighted by molar-refractivity contribution is 5.98. The van der Waals surface area contributed by atoms with Crippen molar-refractivity contribution >= 4 is 17.7 Å². The van der Waals surface area contributed by atoms with Gasteiger partial charge in [-0.3, -0.25) is 9.59 Å². The van der Waals surface area contributed by atoms with Crippen LogP contribution >= 0.6 is 0 Å². The van der Waals surface area contributed by atoms with Gasteiger partial charge in [0.25, 0.3) is 0 Å². The van der Waals surface area contributed by atoms with Gasteiger partial charge in [0.15, 0.2) is 12.4 Å². The molecular weight excluding hydrogens is 342 g/mol. The van der Waals surface area contributed by atoms with Crippen LogP contribution in [0.3, 0.4) is 0 Å². The number of benzene rings is 1. The van der Waals surface area contributed by atoms with E-state index in [-0.39, 0.29) is 18.3 Å². The number of esters is 1. The van der Waals surface area contributed by atoms with Gasteiger partial charge in [0.2, 0.25) is 5.91 Å². The van der Waals surface area contributed by atoms with Gasteiger partial charge in [-0.2, -0.15) is 0 Å². The molecule has 27 heavy (non-hydrogen) atoms. The zero-order chi connectivity index (χ0) is 20.0. The van der Waals surface area contributed by atoms with Crippen LogP contribution in [0.1, 0.15) is 81.6 Å². The largest absolute Gasteiger partial charge is 0.456 e. The molecule has 0 aliphatic heterocycles. The van der Waals surface area contributed by atoms with Crippen molar-refractivity contribution in [3.63, 3.8) is 0 Å². The number of Topliss-reactive ketones (excluding diaryl/α,β-unsaturated/α-hetero) is 1. The van der Waals surface area contributed by atoms with Gasteiger partial charge in [0, 0.05) is 11.0 Å². The van der Waals surface area contributed by atoms with Gasteiger partial charge in [0.05, 0.1) is 0 Å². The Hall–Kier alpha value is -2.17. The molecule has 1 aromatic rings. The summed E-state index contributed by atoms with van der Waals surface area (Å²) in [4.78, 5) is 36.2. The van der Waals surface area contributed by atoms with Crippen LogP contribution in [-0.4, -0.2) is 30.3 Å². The minimum atomic E-state index is -0.793. The second-order valence-electron chi connectivity index (χ2n) is 8.43. The SMILES string of the molecule is CC(NC(=O)C(C)(C)C)C(=O)OCC(=O)c1ccc(C2CCCCC2)cc1. The molecule has 0 saturated heterocycles. The molecule has 1 saturated carbocycles. The number of rotatable bonds is 6. The number of hydrogen-bond acceptors (Lipinski definition) is 4. The topological polar surface area (TPSA) is 72.5 Å². The molecular formula is C22H31NO4. The summed E-state index contributed by atoms with van der Waals surface area (Å²) in [6, 6.07) is 6.85. The Bertz CT molecular complexity index is 667. The maximum absolute atomic E-state index is 12.3. The van der Waals surface area contributed by atoms with Crippen LogP contribution in [0, 0.1) is 5.41 Å². The van der Waals surface area contributed by atoms with Gasteiger partial charge in [-0.05, 0) is 31.2 Å². The Morgan fingerprint density at radius 3 is 2.22 bits per heavy atom. The molecule has 5 heteroatoms. The lowest BCUT2D eigenvalue weighted by Gasteiger charge is -2.22. The summed E-state index contributed by atoms with van der Waals surface area (Å²) in [6.45, 7) is 6.52. The van der Waals surface area contributed by atoms with E-state index in [1.807, 2.05) is 24.3 Å². The Morgan fingerprint density at radius 1 is 1.07 bits per heavy atom. The molecule has 1 aliphatic rings. The molecule has 1 N–H and O–H groups in total. The molecule has 0 aromatic heterocycles. The number of carbonyl (C=O) groups excluding carboxylic acids is 3. The molecule has 0 spiro atoms. The standard InChI is InChI=1S/C22H31NO4/c1-15(23-21(26)22(2,3)4)20(25)27-14-19(24)18-12-10-17(11-13-18)16-8-6-5-7-9-16/h10-13,15-16H,5-9,14H2,1-4H3,(H,23,26). The molecule has 1 fully saturated rings. The molecule has 0 bridgehead atoms. The van der Waals surface area contributed by atoms with Crippen molar-refractivity contribution in [2.45, 2.75) is 71.8 Å². The van der Waals surface area contributed by atoms with Crippen LogP contribution < -0.4 is 5.32 Å². The van der Waals surface area contributed by atoms with Crippen molar-refractivity contribution in [1.82, 2.24) is 5.32 Å². The predicted octanol–water partition coefficient (Wildman–Crippen LogP) is 4.01. The average molecular weight is 373 g/mol. The van der Waals surface area contributed by atoms with E-state index in [1.165, 1.54) is 37.7 Å². The number of ketones is 1. The predicted molar refractivity (Wildman–Crippen MR) is 105 cm³/mol. The van der Waals surface area contributed by atoms with Crippen LogP contribution in [0.2, 0.25) is 0 Å². The van der Waals surface area contributed by atoms with Crippen molar-refractivity contribution in [3.05, 3.63) is 35.4 Å². The zero-order valence-corrected chi connectivity index (χ0v) is 16.8. The first-order valence-corrected chi connectivity index (χ1v) is 9.79. The van der Waals surface area contributed by atoms with E-state index in [1.54, 1.807) is 27.7 Å². The van der Waals surface area contributed by atoms with Crippen LogP contribution in [-0.2, 0) is 14.3 Å². The molecule has 5 nitrogen and oxygen atoms in total. The van der Waals surface area contributed by atoms with E-state index in [0.29, 0.717) is 11.5 Å². The van der Waals surface area contributed by atoms with E-state index in [2.05, 4.69) is 5.32 Å². The first-order chi connectivity index (χ1) is 12.7. The monoisotopic (exact) mass is 373 g/mol. The van der Waals surface area contributed by atoms with E-state index in [0.717, 1.165) is 0 Å². The first-order valence-electron chi connectivity index (χ1n) is 9.79. The first kappa shape index (κ1) is 21.1. The van der Waals surface area contributed by atoms with E-state index >= 15 is 0 Å². The molecule has 2 rings (SSSR count). The smallest absolute Gasteiger partial charge is 0.328 e. The van der Waals surface area contributed by atoms with Gasteiger partial charge in [-0.15, -0.1) is 0 Å². The normalized spacial score (nSPS) is 16.4. The molecule has 0 radical (unpaired) electrons. The fraction of sp³-hybridized carbons (Fsp3) is 0.591. The van der Waals surface area contributed by atoms with Crippen molar-refractivity contribution in [3.8, 4) is 0 Å². The van der Waals surface area contributed by atoms with Crippen molar-refractivity contribution in [2.24, 2.45) is 5.41 Å². The third-order valence-electron chi connectivity index (χ3n) is 5.04. The number of ether oxygens (including phenoxy) is 1. The van der Waals surface area contributed by atoms with Crippen LogP contribution in [0.15, 0.2) is 24.3 Å². The number of amides is 1. The number of hydrogen-bond donors (Lipinski definition) is 1. The third kappa shape index (κ3) is 6.19. The number of carbonyl (C=O) groups is 3. The van der Waals surface area contributed by atoms with Crippen LogP contribution in [0.4, 0.5) is 0 Å². The van der Waals surface area contributed by atoms with Crippen LogP contribution in [0.25, 0.3) is 0 Å². The van der Waals surface area contributed by atoms with Gasteiger partial charge < -0.3 is 10.1 Å². The molecule has 148 valence electrons. The second kappa shape index (κ2) is 9.16. The van der Waals surface area contributed by atoms with Gasteiger partial charge in [-0.25, -0.2) is 4.79 Å². The molecule has 1 aliphatic carbocycles. The Balaban J connectivity index is 1.84. The summed E-state index contributed by atoms with van der Waals surface area (Å²) in [7, 11) is 0. The lowest BCUT2D eigenvalue weighted by molar-refractivity contribution is -0.147. The Kier molecular flexibility index (Phi) is 7.17. The van der Waals surface area contributed by atoms with E-state index in [4.69, 9.17) is 4.74 Å². The van der Waals surface area contributed by atoms with Gasteiger partial charge in [0.1, 0.15) is 6.04 Å². The summed E-state index contributed by atoms with van der Waals surface area (Å²) in [5.74, 6) is -0.503. The molecule has 0 heterocycles. The minimum Gasteiger partial charge on any atom is -0.456 e. The molecule has 1 unspecified atom stereocenters. The lowest BCUT2D eigenvalue weighted by Crippen LogP contribution is -2.45. The summed E-state index contributed by atoms with van der Waals surface area (Å²) >= 11 is 0. The minimum absolute atomic E-state index is 0.239. The fourth-order valence-electron chi connectivity index (χ4n) is 3.19. The number of nitrogens with one attached hydrogen (secondary N) is 1. The Morgan fingerprint density at radius 2 is 1.67 bits per heavy atom. The fourth-order valence-corrected chi connectivity index (χ4v) is 3.19. The second-order valence-corrected chi connectivity index (χ2v) is 8.43. The maximum atomic E-state index is 12.3. The molecule has 1 aromatic carbocycles. The van der Waals surface area contributed by atoms with Gasteiger partial charge in [-0.1, -0.05) is 64.3 Å². The zero-order valence-electron chi connectivity index (χ0n) is 16.8. The highest BCUT2D eigenvalue weighted by Gasteiger charge is 2.26. The summed E-state index contributed by atoms with van der Waals surface area (Å²) < 4.78 is 5.08. The lowest BCUT2D eigenvalue weighted by atomic mass is 9.84. The molecule has 1 amide bonds. The summed E-state index contributed by atoms with van der Waals surface area (Å²) in [6.07, 6.45) is 6.27. The molecule has 1 atom stereocenters. The third-order valence-corrected chi connectivity index (χ3v) is 5.04. The Labute approximate surface area is 161 Å². The van der Waals surface area contributed by atoms with E-state index in [9.17, 15) is 14.4 Å².